The summed E-state index contributed by atoms with van der Waals surface area (Å²) in [5.41, 5.74) is 1.96. The van der Waals surface area contributed by atoms with Gasteiger partial charge in [-0.15, -0.1) is 6.42 Å². The zero-order chi connectivity index (χ0) is 13.8. The maximum absolute atomic E-state index is 12.2. The highest BCUT2D eigenvalue weighted by Crippen LogP contribution is 2.22. The zero-order valence-corrected chi connectivity index (χ0v) is 13.0. The van der Waals surface area contributed by atoms with E-state index in [0.717, 1.165) is 14.5 Å². The number of rotatable bonds is 2. The maximum Gasteiger partial charge on any atom is 0.256 e. The Kier molecular flexibility index (Phi) is 4.41. The van der Waals surface area contributed by atoms with E-state index >= 15 is 0 Å². The van der Waals surface area contributed by atoms with Crippen molar-refractivity contribution in [2.75, 3.05) is 5.32 Å². The average molecular weight is 379 g/mol. The van der Waals surface area contributed by atoms with Crippen LogP contribution in [0.3, 0.4) is 0 Å². The summed E-state index contributed by atoms with van der Waals surface area (Å²) in [4.78, 5) is 12.2. The number of hydrogen-bond donors (Lipinski definition) is 1. The smallest absolute Gasteiger partial charge is 0.256 e. The Morgan fingerprint density at radius 1 is 1.16 bits per heavy atom. The quantitative estimate of drug-likeness (QED) is 0.768. The van der Waals surface area contributed by atoms with E-state index < -0.39 is 0 Å². The molecule has 19 heavy (non-hydrogen) atoms. The minimum Gasteiger partial charge on any atom is -0.322 e. The highest BCUT2D eigenvalue weighted by Gasteiger charge is 2.10. The van der Waals surface area contributed by atoms with E-state index in [1.165, 1.54) is 0 Å². The Morgan fingerprint density at radius 2 is 1.95 bits per heavy atom. The second kappa shape index (κ2) is 6.05. The number of hydrogen-bond acceptors (Lipinski definition) is 1. The van der Waals surface area contributed by atoms with Gasteiger partial charge in [0.05, 0.1) is 5.56 Å². The minimum absolute atomic E-state index is 0.192. The first-order chi connectivity index (χ1) is 9.10. The molecule has 0 aliphatic rings. The van der Waals surface area contributed by atoms with Gasteiger partial charge in [-0.05, 0) is 52.3 Å². The standard InChI is InChI=1S/C15H9Br2NO/c1-2-10-4-3-5-12(8-10)18-15(19)13-9-11(16)6-7-14(13)17/h1,3-9H,(H,18,19). The van der Waals surface area contributed by atoms with Crippen molar-refractivity contribution in [3.8, 4) is 12.3 Å². The first kappa shape index (κ1) is 13.9. The molecule has 0 atom stereocenters. The average Bonchev–Trinajstić information content (AvgIpc) is 2.41. The van der Waals surface area contributed by atoms with Crippen molar-refractivity contribution in [3.63, 3.8) is 0 Å². The molecule has 94 valence electrons. The molecule has 0 saturated carbocycles. The van der Waals surface area contributed by atoms with E-state index in [1.807, 2.05) is 18.2 Å². The van der Waals surface area contributed by atoms with Crippen LogP contribution < -0.4 is 5.32 Å². The van der Waals surface area contributed by atoms with Crippen molar-refractivity contribution < 1.29 is 4.79 Å². The summed E-state index contributed by atoms with van der Waals surface area (Å²) < 4.78 is 1.58. The van der Waals surface area contributed by atoms with Gasteiger partial charge in [0.15, 0.2) is 0 Å². The van der Waals surface area contributed by atoms with E-state index in [0.29, 0.717) is 11.3 Å². The SMILES string of the molecule is C#Cc1cccc(NC(=O)c2cc(Br)ccc2Br)c1. The molecule has 0 saturated heterocycles. The van der Waals surface area contributed by atoms with Crippen LogP contribution in [0.5, 0.6) is 0 Å². The molecule has 4 heteroatoms. The van der Waals surface area contributed by atoms with Crippen molar-refractivity contribution in [1.29, 1.82) is 0 Å². The monoisotopic (exact) mass is 377 g/mol. The maximum atomic E-state index is 12.2. The number of terminal acetylenes is 1. The Labute approximate surface area is 128 Å². The van der Waals surface area contributed by atoms with Crippen molar-refractivity contribution in [3.05, 3.63) is 62.5 Å². The van der Waals surface area contributed by atoms with E-state index in [-0.39, 0.29) is 5.91 Å². The Bertz CT molecular complexity index is 674. The highest BCUT2D eigenvalue weighted by molar-refractivity contribution is 9.11. The normalized spacial score (nSPS) is 9.74. The van der Waals surface area contributed by atoms with Crippen molar-refractivity contribution in [1.82, 2.24) is 0 Å². The first-order valence-electron chi connectivity index (χ1n) is 5.43. The topological polar surface area (TPSA) is 29.1 Å². The summed E-state index contributed by atoms with van der Waals surface area (Å²) in [6.07, 6.45) is 5.33. The third-order valence-corrected chi connectivity index (χ3v) is 3.64. The van der Waals surface area contributed by atoms with Gasteiger partial charge < -0.3 is 5.32 Å². The van der Waals surface area contributed by atoms with Crippen LogP contribution in [-0.2, 0) is 0 Å². The zero-order valence-electron chi connectivity index (χ0n) is 9.78. The molecule has 0 aliphatic heterocycles. The summed E-state index contributed by atoms with van der Waals surface area (Å²) in [6, 6.07) is 12.6. The number of nitrogens with one attached hydrogen (secondary N) is 1. The molecule has 2 rings (SSSR count). The highest BCUT2D eigenvalue weighted by atomic mass is 79.9. The van der Waals surface area contributed by atoms with Crippen molar-refractivity contribution in [2.45, 2.75) is 0 Å². The van der Waals surface area contributed by atoms with Gasteiger partial charge >= 0.3 is 0 Å². The lowest BCUT2D eigenvalue weighted by Crippen LogP contribution is -2.12. The van der Waals surface area contributed by atoms with Crippen LogP contribution in [0.25, 0.3) is 0 Å². The second-order valence-corrected chi connectivity index (χ2v) is 5.57. The Hall–Kier alpha value is -1.57. The van der Waals surface area contributed by atoms with Gasteiger partial charge in [-0.1, -0.05) is 27.9 Å². The molecular weight excluding hydrogens is 370 g/mol. The lowest BCUT2D eigenvalue weighted by molar-refractivity contribution is 0.102. The number of carbonyl (C=O) groups excluding carboxylic acids is 1. The molecule has 0 radical (unpaired) electrons. The number of halogens is 2. The number of benzene rings is 2. The third-order valence-electron chi connectivity index (χ3n) is 2.46. The largest absolute Gasteiger partial charge is 0.322 e. The lowest BCUT2D eigenvalue weighted by Gasteiger charge is -2.07. The molecule has 0 heterocycles. The van der Waals surface area contributed by atoms with Crippen LogP contribution in [0.2, 0.25) is 0 Å². The van der Waals surface area contributed by atoms with Crippen molar-refractivity contribution >= 4 is 43.5 Å². The van der Waals surface area contributed by atoms with Gasteiger partial charge in [0.2, 0.25) is 0 Å². The fraction of sp³-hybridized carbons (Fsp3) is 0. The molecule has 2 nitrogen and oxygen atoms in total. The predicted molar refractivity (Wildman–Crippen MR) is 84.2 cm³/mol. The Morgan fingerprint density at radius 3 is 2.68 bits per heavy atom. The molecule has 0 aromatic heterocycles. The lowest BCUT2D eigenvalue weighted by atomic mass is 10.2. The van der Waals surface area contributed by atoms with Gasteiger partial charge in [-0.3, -0.25) is 4.79 Å². The number of carbonyl (C=O) groups is 1. The van der Waals surface area contributed by atoms with Crippen LogP contribution in [0.4, 0.5) is 5.69 Å². The van der Waals surface area contributed by atoms with E-state index in [9.17, 15) is 4.79 Å². The van der Waals surface area contributed by atoms with Crippen LogP contribution in [0.15, 0.2) is 51.4 Å². The fourth-order valence-corrected chi connectivity index (χ4v) is 2.34. The summed E-state index contributed by atoms with van der Waals surface area (Å²) in [5.74, 6) is 2.34. The molecule has 1 amide bonds. The molecule has 0 bridgehead atoms. The molecule has 2 aromatic carbocycles. The van der Waals surface area contributed by atoms with Crippen LogP contribution in [-0.4, -0.2) is 5.91 Å². The molecule has 0 unspecified atom stereocenters. The summed E-state index contributed by atoms with van der Waals surface area (Å²) >= 11 is 6.70. The second-order valence-electron chi connectivity index (χ2n) is 3.80. The molecule has 2 aromatic rings. The number of anilines is 1. The van der Waals surface area contributed by atoms with Crippen LogP contribution in [0.1, 0.15) is 15.9 Å². The first-order valence-corrected chi connectivity index (χ1v) is 7.02. The minimum atomic E-state index is -0.192. The molecule has 1 N–H and O–H groups in total. The van der Waals surface area contributed by atoms with Gasteiger partial charge in [0.1, 0.15) is 0 Å². The van der Waals surface area contributed by atoms with Crippen LogP contribution >= 0.6 is 31.9 Å². The van der Waals surface area contributed by atoms with Gasteiger partial charge in [0.25, 0.3) is 5.91 Å². The van der Waals surface area contributed by atoms with E-state index in [2.05, 4.69) is 43.1 Å². The van der Waals surface area contributed by atoms with E-state index in [4.69, 9.17) is 6.42 Å². The third kappa shape index (κ3) is 3.46. The Balaban J connectivity index is 2.26. The summed E-state index contributed by atoms with van der Waals surface area (Å²) in [5, 5.41) is 2.82. The fourth-order valence-electron chi connectivity index (χ4n) is 1.56. The molecule has 0 fully saturated rings. The molecule has 0 aliphatic carbocycles. The molecule has 0 spiro atoms. The summed E-state index contributed by atoms with van der Waals surface area (Å²) in [7, 11) is 0. The van der Waals surface area contributed by atoms with Crippen molar-refractivity contribution in [2.24, 2.45) is 0 Å². The predicted octanol–water partition coefficient (Wildman–Crippen LogP) is 4.45. The van der Waals surface area contributed by atoms with E-state index in [1.54, 1.807) is 24.3 Å². The number of amides is 1. The van der Waals surface area contributed by atoms with Crippen LogP contribution in [0, 0.1) is 12.3 Å². The van der Waals surface area contributed by atoms with Gasteiger partial charge in [-0.2, -0.15) is 0 Å². The summed E-state index contributed by atoms with van der Waals surface area (Å²) in [6.45, 7) is 0. The molecular formula is C15H9Br2NO. The van der Waals surface area contributed by atoms with Gasteiger partial charge in [-0.25, -0.2) is 0 Å². The van der Waals surface area contributed by atoms with Gasteiger partial charge in [0, 0.05) is 20.2 Å².